The molecule has 2 fully saturated rings. The SMILES string of the molecule is O=C(c1ccccn1)N1CCCC2(COCCN(c3ncccn3)C2)C1. The second kappa shape index (κ2) is 7.37. The zero-order valence-corrected chi connectivity index (χ0v) is 14.8. The van der Waals surface area contributed by atoms with Crippen LogP contribution in [0.1, 0.15) is 23.3 Å². The average molecular weight is 353 g/mol. The largest absolute Gasteiger partial charge is 0.379 e. The van der Waals surface area contributed by atoms with Gasteiger partial charge in [-0.3, -0.25) is 9.78 Å². The lowest BCUT2D eigenvalue weighted by Gasteiger charge is -2.43. The summed E-state index contributed by atoms with van der Waals surface area (Å²) in [6.45, 7) is 4.30. The highest BCUT2D eigenvalue weighted by Crippen LogP contribution is 2.34. The predicted octanol–water partition coefficient (Wildman–Crippen LogP) is 1.63. The number of piperidine rings is 1. The van der Waals surface area contributed by atoms with Crippen molar-refractivity contribution in [1.29, 1.82) is 0 Å². The van der Waals surface area contributed by atoms with Crippen LogP contribution in [0.5, 0.6) is 0 Å². The van der Waals surface area contributed by atoms with Gasteiger partial charge < -0.3 is 14.5 Å². The van der Waals surface area contributed by atoms with Gasteiger partial charge in [0.1, 0.15) is 5.69 Å². The van der Waals surface area contributed by atoms with E-state index in [1.54, 1.807) is 24.7 Å². The number of carbonyl (C=O) groups is 1. The van der Waals surface area contributed by atoms with Crippen molar-refractivity contribution in [3.8, 4) is 0 Å². The normalized spacial score (nSPS) is 23.7. The van der Waals surface area contributed by atoms with Crippen LogP contribution < -0.4 is 4.90 Å². The maximum atomic E-state index is 12.8. The first-order valence-electron chi connectivity index (χ1n) is 9.06. The van der Waals surface area contributed by atoms with E-state index in [0.717, 1.165) is 38.4 Å². The fraction of sp³-hybridized carbons (Fsp3) is 0.474. The lowest BCUT2D eigenvalue weighted by atomic mass is 9.80. The van der Waals surface area contributed by atoms with E-state index in [1.807, 2.05) is 23.1 Å². The maximum absolute atomic E-state index is 12.8. The number of hydrogen-bond acceptors (Lipinski definition) is 6. The van der Waals surface area contributed by atoms with Crippen LogP contribution in [-0.2, 0) is 4.74 Å². The molecule has 0 aromatic carbocycles. The van der Waals surface area contributed by atoms with E-state index in [4.69, 9.17) is 4.74 Å². The van der Waals surface area contributed by atoms with Gasteiger partial charge in [-0.2, -0.15) is 0 Å². The van der Waals surface area contributed by atoms with Crippen LogP contribution >= 0.6 is 0 Å². The Hall–Kier alpha value is -2.54. The first kappa shape index (κ1) is 16.9. The molecule has 1 unspecified atom stereocenters. The standard InChI is InChI=1S/C19H23N5O2/c25-17(16-5-1-2-7-20-16)23-10-3-6-19(13-23)14-24(11-12-26-15-19)18-21-8-4-9-22-18/h1-2,4-5,7-9H,3,6,10-15H2. The molecular formula is C19H23N5O2. The predicted molar refractivity (Wildman–Crippen MR) is 96.9 cm³/mol. The molecule has 4 rings (SSSR count). The molecule has 0 saturated carbocycles. The Balaban J connectivity index is 1.53. The quantitative estimate of drug-likeness (QED) is 0.817. The third-order valence-electron chi connectivity index (χ3n) is 5.11. The molecule has 1 amide bonds. The molecule has 7 heteroatoms. The van der Waals surface area contributed by atoms with Gasteiger partial charge in [0.05, 0.1) is 13.2 Å². The van der Waals surface area contributed by atoms with Crippen molar-refractivity contribution in [2.45, 2.75) is 12.8 Å². The Morgan fingerprint density at radius 3 is 2.69 bits per heavy atom. The second-order valence-electron chi connectivity index (χ2n) is 7.07. The van der Waals surface area contributed by atoms with Crippen molar-refractivity contribution in [2.75, 3.05) is 44.3 Å². The number of aromatic nitrogens is 3. The van der Waals surface area contributed by atoms with Crippen LogP contribution in [0.3, 0.4) is 0 Å². The third-order valence-corrected chi connectivity index (χ3v) is 5.11. The molecule has 0 aliphatic carbocycles. The molecule has 0 radical (unpaired) electrons. The van der Waals surface area contributed by atoms with Gasteiger partial charge in [-0.25, -0.2) is 9.97 Å². The van der Waals surface area contributed by atoms with Gasteiger partial charge in [-0.1, -0.05) is 6.07 Å². The molecule has 7 nitrogen and oxygen atoms in total. The minimum Gasteiger partial charge on any atom is -0.379 e. The number of carbonyl (C=O) groups excluding carboxylic acids is 1. The topological polar surface area (TPSA) is 71.5 Å². The molecule has 0 bridgehead atoms. The van der Waals surface area contributed by atoms with Crippen molar-refractivity contribution in [3.05, 3.63) is 48.5 Å². The minimum absolute atomic E-state index is 0.00330. The summed E-state index contributed by atoms with van der Waals surface area (Å²) in [6, 6.07) is 7.27. The summed E-state index contributed by atoms with van der Waals surface area (Å²) in [6.07, 6.45) is 7.18. The molecule has 2 saturated heterocycles. The number of ether oxygens (including phenoxy) is 1. The summed E-state index contributed by atoms with van der Waals surface area (Å²) in [5.41, 5.74) is 0.403. The Morgan fingerprint density at radius 2 is 1.88 bits per heavy atom. The van der Waals surface area contributed by atoms with E-state index >= 15 is 0 Å². The molecular weight excluding hydrogens is 330 g/mol. The van der Waals surface area contributed by atoms with E-state index in [2.05, 4.69) is 19.9 Å². The number of likely N-dealkylation sites (tertiary alicyclic amines) is 1. The lowest BCUT2D eigenvalue weighted by molar-refractivity contribution is 0.0132. The van der Waals surface area contributed by atoms with Gasteiger partial charge in [0.25, 0.3) is 5.91 Å². The molecule has 2 aliphatic heterocycles. The Bertz CT molecular complexity index is 742. The smallest absolute Gasteiger partial charge is 0.272 e. The van der Waals surface area contributed by atoms with Gasteiger partial charge in [-0.05, 0) is 31.0 Å². The van der Waals surface area contributed by atoms with E-state index in [9.17, 15) is 4.79 Å². The van der Waals surface area contributed by atoms with Crippen LogP contribution in [0.15, 0.2) is 42.9 Å². The Kier molecular flexibility index (Phi) is 4.79. The number of pyridine rings is 1. The number of nitrogens with zero attached hydrogens (tertiary/aromatic N) is 5. The summed E-state index contributed by atoms with van der Waals surface area (Å²) in [7, 11) is 0. The summed E-state index contributed by atoms with van der Waals surface area (Å²) in [5.74, 6) is 0.724. The highest BCUT2D eigenvalue weighted by atomic mass is 16.5. The van der Waals surface area contributed by atoms with Crippen LogP contribution in [0.2, 0.25) is 0 Å². The van der Waals surface area contributed by atoms with E-state index in [-0.39, 0.29) is 11.3 Å². The van der Waals surface area contributed by atoms with Gasteiger partial charge in [-0.15, -0.1) is 0 Å². The summed E-state index contributed by atoms with van der Waals surface area (Å²) >= 11 is 0. The maximum Gasteiger partial charge on any atom is 0.272 e. The monoisotopic (exact) mass is 353 g/mol. The van der Waals surface area contributed by atoms with Crippen molar-refractivity contribution in [1.82, 2.24) is 19.9 Å². The molecule has 0 N–H and O–H groups in total. The van der Waals surface area contributed by atoms with Gasteiger partial charge >= 0.3 is 0 Å². The van der Waals surface area contributed by atoms with Crippen LogP contribution in [0.4, 0.5) is 5.95 Å². The molecule has 2 aliphatic rings. The van der Waals surface area contributed by atoms with E-state index in [0.29, 0.717) is 25.5 Å². The Morgan fingerprint density at radius 1 is 1.04 bits per heavy atom. The lowest BCUT2D eigenvalue weighted by Crippen LogP contribution is -2.52. The Labute approximate surface area is 153 Å². The van der Waals surface area contributed by atoms with Crippen molar-refractivity contribution in [3.63, 3.8) is 0 Å². The first-order valence-corrected chi connectivity index (χ1v) is 9.06. The second-order valence-corrected chi connectivity index (χ2v) is 7.07. The molecule has 1 atom stereocenters. The van der Waals surface area contributed by atoms with Crippen molar-refractivity contribution in [2.24, 2.45) is 5.41 Å². The van der Waals surface area contributed by atoms with Crippen LogP contribution in [0.25, 0.3) is 0 Å². The third kappa shape index (κ3) is 3.53. The zero-order chi connectivity index (χ0) is 17.8. The first-order chi connectivity index (χ1) is 12.8. The zero-order valence-electron chi connectivity index (χ0n) is 14.8. The number of hydrogen-bond donors (Lipinski definition) is 0. The van der Waals surface area contributed by atoms with Crippen LogP contribution in [0, 0.1) is 5.41 Å². The van der Waals surface area contributed by atoms with E-state index in [1.165, 1.54) is 0 Å². The summed E-state index contributed by atoms with van der Waals surface area (Å²) < 4.78 is 5.92. The fourth-order valence-corrected chi connectivity index (χ4v) is 3.90. The fourth-order valence-electron chi connectivity index (χ4n) is 3.90. The number of rotatable bonds is 2. The average Bonchev–Trinajstić information content (AvgIpc) is 2.91. The molecule has 2 aromatic heterocycles. The molecule has 2 aromatic rings. The van der Waals surface area contributed by atoms with Gasteiger partial charge in [0.2, 0.25) is 5.95 Å². The van der Waals surface area contributed by atoms with Gasteiger partial charge in [0.15, 0.2) is 0 Å². The molecule has 1 spiro atoms. The molecule has 136 valence electrons. The highest BCUT2D eigenvalue weighted by molar-refractivity contribution is 5.92. The number of amides is 1. The highest BCUT2D eigenvalue weighted by Gasteiger charge is 2.41. The molecule has 4 heterocycles. The van der Waals surface area contributed by atoms with Gasteiger partial charge in [0, 0.05) is 50.2 Å². The summed E-state index contributed by atoms with van der Waals surface area (Å²) in [5, 5.41) is 0. The van der Waals surface area contributed by atoms with E-state index < -0.39 is 0 Å². The van der Waals surface area contributed by atoms with Crippen LogP contribution in [-0.4, -0.2) is 65.2 Å². The summed E-state index contributed by atoms with van der Waals surface area (Å²) in [4.78, 5) is 30.0. The molecule has 26 heavy (non-hydrogen) atoms. The minimum atomic E-state index is -0.0988. The van der Waals surface area contributed by atoms with Crippen molar-refractivity contribution >= 4 is 11.9 Å². The number of anilines is 1. The van der Waals surface area contributed by atoms with Crippen molar-refractivity contribution < 1.29 is 9.53 Å².